The maximum Gasteiger partial charge on any atom is 0.109 e. The average Bonchev–Trinajstić information content (AvgIpc) is 2.74. The van der Waals surface area contributed by atoms with Crippen molar-refractivity contribution in [2.45, 2.75) is 58.5 Å². The molecular formula is C13H25N3S. The van der Waals surface area contributed by atoms with Gasteiger partial charge in [-0.15, -0.1) is 11.3 Å². The van der Waals surface area contributed by atoms with Crippen molar-refractivity contribution in [1.82, 2.24) is 10.3 Å². The number of rotatable bonds is 7. The Morgan fingerprint density at radius 3 is 2.76 bits per heavy atom. The van der Waals surface area contributed by atoms with Crippen LogP contribution in [0.5, 0.6) is 0 Å². The van der Waals surface area contributed by atoms with Gasteiger partial charge in [-0.2, -0.15) is 0 Å². The van der Waals surface area contributed by atoms with Gasteiger partial charge in [0.25, 0.3) is 0 Å². The van der Waals surface area contributed by atoms with Gasteiger partial charge in [0.15, 0.2) is 0 Å². The zero-order valence-electron chi connectivity index (χ0n) is 11.4. The second-order valence-electron chi connectivity index (χ2n) is 5.02. The zero-order valence-corrected chi connectivity index (χ0v) is 12.2. The van der Waals surface area contributed by atoms with Crippen molar-refractivity contribution in [1.29, 1.82) is 0 Å². The fraction of sp³-hybridized carbons (Fsp3) is 0.769. The van der Waals surface area contributed by atoms with E-state index in [-0.39, 0.29) is 5.54 Å². The summed E-state index contributed by atoms with van der Waals surface area (Å²) >= 11 is 1.79. The summed E-state index contributed by atoms with van der Waals surface area (Å²) in [5, 5.41) is 4.65. The molecule has 0 fully saturated rings. The number of hydrogen-bond donors (Lipinski definition) is 2. The molecule has 1 rings (SSSR count). The third kappa shape index (κ3) is 4.74. The van der Waals surface area contributed by atoms with Gasteiger partial charge in [-0.25, -0.2) is 4.98 Å². The summed E-state index contributed by atoms with van der Waals surface area (Å²) in [6.07, 6.45) is 5.21. The Kier molecular flexibility index (Phi) is 5.56. The van der Waals surface area contributed by atoms with Gasteiger partial charge < -0.3 is 11.1 Å². The second-order valence-corrected chi connectivity index (χ2v) is 6.17. The summed E-state index contributed by atoms with van der Waals surface area (Å²) in [6.45, 7) is 9.43. The van der Waals surface area contributed by atoms with Crippen molar-refractivity contribution < 1.29 is 0 Å². The number of nitrogens with two attached hydrogens (primary N) is 1. The van der Waals surface area contributed by atoms with Crippen LogP contribution >= 0.6 is 11.3 Å². The van der Waals surface area contributed by atoms with Crippen LogP contribution in [0, 0.1) is 0 Å². The van der Waals surface area contributed by atoms with E-state index in [4.69, 9.17) is 5.73 Å². The number of hydrogen-bond acceptors (Lipinski definition) is 4. The van der Waals surface area contributed by atoms with Gasteiger partial charge >= 0.3 is 0 Å². The Bertz CT molecular complexity index is 333. The van der Waals surface area contributed by atoms with Crippen LogP contribution in [0.1, 0.15) is 56.5 Å². The van der Waals surface area contributed by atoms with E-state index in [0.29, 0.717) is 6.04 Å². The summed E-state index contributed by atoms with van der Waals surface area (Å²) < 4.78 is 0. The van der Waals surface area contributed by atoms with Gasteiger partial charge in [0.05, 0.1) is 6.04 Å². The molecule has 0 aliphatic heterocycles. The molecule has 2 unspecified atom stereocenters. The van der Waals surface area contributed by atoms with Gasteiger partial charge in [-0.05, 0) is 26.7 Å². The molecule has 0 aliphatic rings. The molecule has 2 atom stereocenters. The first-order valence-corrected chi connectivity index (χ1v) is 7.27. The molecule has 1 aromatic rings. The molecule has 3 nitrogen and oxygen atoms in total. The van der Waals surface area contributed by atoms with Crippen LogP contribution in [0.25, 0.3) is 0 Å². The molecule has 3 N–H and O–H groups in total. The predicted molar refractivity (Wildman–Crippen MR) is 75.4 cm³/mol. The third-order valence-corrected chi connectivity index (χ3v) is 4.25. The van der Waals surface area contributed by atoms with Gasteiger partial charge in [0, 0.05) is 23.2 Å². The molecular weight excluding hydrogens is 230 g/mol. The second kappa shape index (κ2) is 6.47. The van der Waals surface area contributed by atoms with Crippen LogP contribution in [0.3, 0.4) is 0 Å². The van der Waals surface area contributed by atoms with E-state index in [9.17, 15) is 0 Å². The lowest BCUT2D eigenvalue weighted by Crippen LogP contribution is -2.46. The Labute approximate surface area is 109 Å². The van der Waals surface area contributed by atoms with Crippen molar-refractivity contribution in [3.63, 3.8) is 0 Å². The molecule has 17 heavy (non-hydrogen) atoms. The van der Waals surface area contributed by atoms with Crippen LogP contribution in [-0.4, -0.2) is 17.1 Å². The molecule has 0 bridgehead atoms. The standard InChI is InChI=1S/C13H25N3S/c1-5-7-13(4,14)9-16-10(3)12-15-8-11(6-2)17-12/h8,10,16H,5-7,9,14H2,1-4H3. The fourth-order valence-corrected chi connectivity index (χ4v) is 2.70. The smallest absolute Gasteiger partial charge is 0.109 e. The van der Waals surface area contributed by atoms with Crippen LogP contribution < -0.4 is 11.1 Å². The van der Waals surface area contributed by atoms with Gasteiger partial charge in [-0.3, -0.25) is 0 Å². The van der Waals surface area contributed by atoms with Crippen molar-refractivity contribution >= 4 is 11.3 Å². The van der Waals surface area contributed by atoms with Gasteiger partial charge in [0.1, 0.15) is 5.01 Å². The van der Waals surface area contributed by atoms with Gasteiger partial charge in [0.2, 0.25) is 0 Å². The SMILES string of the molecule is CCCC(C)(N)CNC(C)c1ncc(CC)s1. The molecule has 0 radical (unpaired) electrons. The van der Waals surface area contributed by atoms with E-state index < -0.39 is 0 Å². The lowest BCUT2D eigenvalue weighted by Gasteiger charge is -2.26. The monoisotopic (exact) mass is 255 g/mol. The summed E-state index contributed by atoms with van der Waals surface area (Å²) in [7, 11) is 0. The molecule has 0 saturated heterocycles. The molecule has 98 valence electrons. The lowest BCUT2D eigenvalue weighted by atomic mass is 9.97. The van der Waals surface area contributed by atoms with E-state index in [2.05, 4.69) is 38.0 Å². The van der Waals surface area contributed by atoms with Crippen molar-refractivity contribution in [3.05, 3.63) is 16.1 Å². The van der Waals surface area contributed by atoms with Crippen LogP contribution in [0.2, 0.25) is 0 Å². The van der Waals surface area contributed by atoms with E-state index in [1.807, 2.05) is 6.20 Å². The maximum absolute atomic E-state index is 6.21. The minimum absolute atomic E-state index is 0.117. The topological polar surface area (TPSA) is 50.9 Å². The largest absolute Gasteiger partial charge is 0.324 e. The highest BCUT2D eigenvalue weighted by molar-refractivity contribution is 7.11. The lowest BCUT2D eigenvalue weighted by molar-refractivity contribution is 0.377. The number of thiazole rings is 1. The van der Waals surface area contributed by atoms with E-state index in [1.54, 1.807) is 11.3 Å². The van der Waals surface area contributed by atoms with E-state index in [1.165, 1.54) is 4.88 Å². The summed E-state index contributed by atoms with van der Waals surface area (Å²) in [5.41, 5.74) is 6.09. The highest BCUT2D eigenvalue weighted by atomic mass is 32.1. The quantitative estimate of drug-likeness (QED) is 0.787. The van der Waals surface area contributed by atoms with Crippen molar-refractivity contribution in [3.8, 4) is 0 Å². The van der Waals surface area contributed by atoms with Crippen molar-refractivity contribution in [2.75, 3.05) is 6.54 Å². The molecule has 4 heteroatoms. The number of aryl methyl sites for hydroxylation is 1. The highest BCUT2D eigenvalue weighted by Gasteiger charge is 2.19. The molecule has 1 aromatic heterocycles. The fourth-order valence-electron chi connectivity index (χ4n) is 1.82. The summed E-state index contributed by atoms with van der Waals surface area (Å²) in [6, 6.07) is 0.292. The maximum atomic E-state index is 6.21. The average molecular weight is 255 g/mol. The molecule has 0 aliphatic carbocycles. The molecule has 0 aromatic carbocycles. The van der Waals surface area contributed by atoms with Gasteiger partial charge in [-0.1, -0.05) is 20.3 Å². The Morgan fingerprint density at radius 2 is 2.24 bits per heavy atom. The van der Waals surface area contributed by atoms with Crippen molar-refractivity contribution in [2.24, 2.45) is 5.73 Å². The predicted octanol–water partition coefficient (Wildman–Crippen LogP) is 2.87. The highest BCUT2D eigenvalue weighted by Crippen LogP contribution is 2.20. The normalized spacial score (nSPS) is 16.8. The van der Waals surface area contributed by atoms with E-state index >= 15 is 0 Å². The number of nitrogens with zero attached hydrogens (tertiary/aromatic N) is 1. The number of aromatic nitrogens is 1. The first kappa shape index (κ1) is 14.6. The van der Waals surface area contributed by atoms with Crippen LogP contribution in [0.15, 0.2) is 6.20 Å². The Balaban J connectivity index is 2.46. The molecule has 0 spiro atoms. The Morgan fingerprint density at radius 1 is 1.53 bits per heavy atom. The Hall–Kier alpha value is -0.450. The molecule has 1 heterocycles. The first-order valence-electron chi connectivity index (χ1n) is 6.45. The third-order valence-electron chi connectivity index (χ3n) is 2.92. The minimum Gasteiger partial charge on any atom is -0.324 e. The molecule has 0 saturated carbocycles. The summed E-state index contributed by atoms with van der Waals surface area (Å²) in [5.74, 6) is 0. The minimum atomic E-state index is -0.117. The van der Waals surface area contributed by atoms with Crippen LogP contribution in [-0.2, 0) is 6.42 Å². The first-order chi connectivity index (χ1) is 7.98. The zero-order chi connectivity index (χ0) is 12.9. The molecule has 0 amide bonds. The van der Waals surface area contributed by atoms with Crippen LogP contribution in [0.4, 0.5) is 0 Å². The van der Waals surface area contributed by atoms with E-state index in [0.717, 1.165) is 30.8 Å². The number of nitrogens with one attached hydrogen (secondary N) is 1. The summed E-state index contributed by atoms with van der Waals surface area (Å²) in [4.78, 5) is 5.79.